The molecule has 6 heteroatoms. The number of hydrogen-bond donors (Lipinski definition) is 2. The molecule has 2 N–H and O–H groups in total. The van der Waals surface area contributed by atoms with Gasteiger partial charge in [0.1, 0.15) is 11.8 Å². The first kappa shape index (κ1) is 22.1. The standard InChI is InChI=1S/C25H37N3O3/c1-16-23-13-20-7-8-21(31-4)14-22(20)25(16,10-12-28(23)15-19-5-6-19)9-11-26-24(30)17(2)27-18(3)29/h7-8,14,16-17,19,23H,5-6,9-13,15H2,1-4H3,(H,26,30)(H,27,29)/t16-,17-,23+,25-/m0/s1. The summed E-state index contributed by atoms with van der Waals surface area (Å²) in [6.45, 7) is 8.55. The van der Waals surface area contributed by atoms with E-state index in [1.54, 1.807) is 14.0 Å². The van der Waals surface area contributed by atoms with Gasteiger partial charge in [0.05, 0.1) is 7.11 Å². The van der Waals surface area contributed by atoms with E-state index in [-0.39, 0.29) is 17.2 Å². The normalized spacial score (nSPS) is 28.4. The molecular formula is C25H37N3O3. The van der Waals surface area contributed by atoms with Crippen LogP contribution in [-0.4, -0.2) is 55.5 Å². The fraction of sp³-hybridized carbons (Fsp3) is 0.680. The number of amides is 2. The lowest BCUT2D eigenvalue weighted by Crippen LogP contribution is -2.60. The van der Waals surface area contributed by atoms with E-state index in [0.717, 1.165) is 37.5 Å². The molecule has 0 radical (unpaired) electrons. The van der Waals surface area contributed by atoms with Crippen molar-refractivity contribution in [3.8, 4) is 5.75 Å². The number of ether oxygens (including phenoxy) is 1. The first-order valence-electron chi connectivity index (χ1n) is 11.8. The Kier molecular flexibility index (Phi) is 6.29. The highest BCUT2D eigenvalue weighted by Crippen LogP contribution is 2.52. The molecule has 2 aliphatic carbocycles. The van der Waals surface area contributed by atoms with Crippen molar-refractivity contribution in [3.05, 3.63) is 29.3 Å². The molecule has 1 saturated carbocycles. The highest BCUT2D eigenvalue weighted by molar-refractivity contribution is 5.86. The molecule has 0 spiro atoms. The van der Waals surface area contributed by atoms with Crippen molar-refractivity contribution in [2.24, 2.45) is 11.8 Å². The Morgan fingerprint density at radius 2 is 2.10 bits per heavy atom. The Labute approximate surface area is 186 Å². The molecule has 3 aliphatic rings. The third kappa shape index (κ3) is 4.45. The predicted octanol–water partition coefficient (Wildman–Crippen LogP) is 2.64. The fourth-order valence-electron chi connectivity index (χ4n) is 5.93. The number of benzene rings is 1. The van der Waals surface area contributed by atoms with Crippen LogP contribution in [-0.2, 0) is 21.4 Å². The molecule has 2 amide bonds. The first-order chi connectivity index (χ1) is 14.8. The summed E-state index contributed by atoms with van der Waals surface area (Å²) in [5, 5.41) is 5.74. The largest absolute Gasteiger partial charge is 0.497 e. The van der Waals surface area contributed by atoms with Gasteiger partial charge >= 0.3 is 0 Å². The zero-order valence-electron chi connectivity index (χ0n) is 19.4. The minimum atomic E-state index is -0.515. The number of likely N-dealkylation sites (tertiary alicyclic amines) is 1. The third-order valence-electron chi connectivity index (χ3n) is 7.92. The number of carbonyl (C=O) groups excluding carboxylic acids is 2. The van der Waals surface area contributed by atoms with E-state index in [2.05, 4.69) is 40.7 Å². The van der Waals surface area contributed by atoms with Gasteiger partial charge in [0, 0.05) is 31.5 Å². The molecule has 1 aliphatic heterocycles. The van der Waals surface area contributed by atoms with Gasteiger partial charge < -0.3 is 15.4 Å². The van der Waals surface area contributed by atoms with E-state index in [9.17, 15) is 9.59 Å². The number of fused-ring (bicyclic) bond motifs is 4. The van der Waals surface area contributed by atoms with Crippen molar-refractivity contribution >= 4 is 11.8 Å². The first-order valence-corrected chi connectivity index (χ1v) is 11.8. The van der Waals surface area contributed by atoms with E-state index in [0.29, 0.717) is 18.5 Å². The van der Waals surface area contributed by atoms with Crippen molar-refractivity contribution in [2.45, 2.75) is 70.4 Å². The number of nitrogens with one attached hydrogen (secondary N) is 2. The van der Waals surface area contributed by atoms with Crippen LogP contribution in [0.15, 0.2) is 18.2 Å². The molecule has 2 fully saturated rings. The van der Waals surface area contributed by atoms with Crippen molar-refractivity contribution < 1.29 is 14.3 Å². The topological polar surface area (TPSA) is 70.7 Å². The minimum absolute atomic E-state index is 0.0391. The summed E-state index contributed by atoms with van der Waals surface area (Å²) < 4.78 is 5.57. The molecule has 6 nitrogen and oxygen atoms in total. The number of piperidine rings is 1. The molecule has 1 aromatic carbocycles. The van der Waals surface area contributed by atoms with Crippen LogP contribution in [0.2, 0.25) is 0 Å². The maximum absolute atomic E-state index is 12.4. The second-order valence-electron chi connectivity index (χ2n) is 9.89. The predicted molar refractivity (Wildman–Crippen MR) is 121 cm³/mol. The Hall–Kier alpha value is -2.08. The van der Waals surface area contributed by atoms with Crippen LogP contribution in [0.5, 0.6) is 5.75 Å². The molecule has 31 heavy (non-hydrogen) atoms. The van der Waals surface area contributed by atoms with Crippen molar-refractivity contribution in [1.29, 1.82) is 0 Å². The average Bonchev–Trinajstić information content (AvgIpc) is 3.55. The third-order valence-corrected chi connectivity index (χ3v) is 7.92. The van der Waals surface area contributed by atoms with Gasteiger partial charge in [-0.05, 0) is 80.7 Å². The van der Waals surface area contributed by atoms with Gasteiger partial charge in [-0.2, -0.15) is 0 Å². The molecule has 1 heterocycles. The number of carbonyl (C=O) groups is 2. The molecule has 0 unspecified atom stereocenters. The van der Waals surface area contributed by atoms with Crippen LogP contribution in [0.1, 0.15) is 57.6 Å². The molecule has 2 bridgehead atoms. The maximum atomic E-state index is 12.4. The summed E-state index contributed by atoms with van der Waals surface area (Å²) in [4.78, 5) is 26.5. The van der Waals surface area contributed by atoms with Gasteiger partial charge in [0.15, 0.2) is 0 Å². The summed E-state index contributed by atoms with van der Waals surface area (Å²) in [7, 11) is 1.73. The van der Waals surface area contributed by atoms with Gasteiger partial charge in [-0.15, -0.1) is 0 Å². The van der Waals surface area contributed by atoms with E-state index >= 15 is 0 Å². The number of methoxy groups -OCH3 is 1. The smallest absolute Gasteiger partial charge is 0.242 e. The van der Waals surface area contributed by atoms with Crippen molar-refractivity contribution in [1.82, 2.24) is 15.5 Å². The zero-order chi connectivity index (χ0) is 22.2. The maximum Gasteiger partial charge on any atom is 0.242 e. The molecule has 170 valence electrons. The second kappa shape index (κ2) is 8.81. The lowest BCUT2D eigenvalue weighted by atomic mass is 9.56. The van der Waals surface area contributed by atoms with Gasteiger partial charge in [0.2, 0.25) is 11.8 Å². The average molecular weight is 428 g/mol. The van der Waals surface area contributed by atoms with Crippen LogP contribution >= 0.6 is 0 Å². The van der Waals surface area contributed by atoms with E-state index in [4.69, 9.17) is 4.74 Å². The Morgan fingerprint density at radius 3 is 2.77 bits per heavy atom. The lowest BCUT2D eigenvalue weighted by molar-refractivity contribution is -0.127. The number of nitrogens with zero attached hydrogens (tertiary/aromatic N) is 1. The Bertz CT molecular complexity index is 837. The van der Waals surface area contributed by atoms with Gasteiger partial charge in [0.25, 0.3) is 0 Å². The minimum Gasteiger partial charge on any atom is -0.497 e. The fourth-order valence-corrected chi connectivity index (χ4v) is 5.93. The van der Waals surface area contributed by atoms with Gasteiger partial charge in [-0.3, -0.25) is 14.5 Å². The summed E-state index contributed by atoms with van der Waals surface area (Å²) in [5.74, 6) is 2.01. The molecule has 0 aromatic heterocycles. The molecular weight excluding hydrogens is 390 g/mol. The summed E-state index contributed by atoms with van der Waals surface area (Å²) in [6.07, 6.45) is 5.88. The van der Waals surface area contributed by atoms with Crippen LogP contribution in [0.3, 0.4) is 0 Å². The number of hydrogen-bond acceptors (Lipinski definition) is 4. The van der Waals surface area contributed by atoms with Crippen molar-refractivity contribution in [3.63, 3.8) is 0 Å². The van der Waals surface area contributed by atoms with Crippen molar-refractivity contribution in [2.75, 3.05) is 26.7 Å². The highest BCUT2D eigenvalue weighted by Gasteiger charge is 2.51. The van der Waals surface area contributed by atoms with Crippen LogP contribution in [0, 0.1) is 11.8 Å². The second-order valence-corrected chi connectivity index (χ2v) is 9.89. The van der Waals surface area contributed by atoms with Gasteiger partial charge in [-0.25, -0.2) is 0 Å². The monoisotopic (exact) mass is 427 g/mol. The summed E-state index contributed by atoms with van der Waals surface area (Å²) in [6, 6.07) is 6.61. The van der Waals surface area contributed by atoms with E-state index in [1.165, 1.54) is 37.4 Å². The van der Waals surface area contributed by atoms with E-state index < -0.39 is 6.04 Å². The molecule has 1 aromatic rings. The Balaban J connectivity index is 1.54. The molecule has 4 rings (SSSR count). The van der Waals surface area contributed by atoms with Crippen LogP contribution < -0.4 is 15.4 Å². The number of rotatable bonds is 8. The van der Waals surface area contributed by atoms with Crippen LogP contribution in [0.25, 0.3) is 0 Å². The summed E-state index contributed by atoms with van der Waals surface area (Å²) >= 11 is 0. The lowest BCUT2D eigenvalue weighted by Gasteiger charge is -2.56. The quantitative estimate of drug-likeness (QED) is 0.669. The zero-order valence-corrected chi connectivity index (χ0v) is 19.4. The van der Waals surface area contributed by atoms with Gasteiger partial charge in [-0.1, -0.05) is 13.0 Å². The molecule has 4 atom stereocenters. The van der Waals surface area contributed by atoms with Crippen LogP contribution in [0.4, 0.5) is 0 Å². The molecule has 1 saturated heterocycles. The van der Waals surface area contributed by atoms with E-state index in [1.807, 2.05) is 0 Å². The summed E-state index contributed by atoms with van der Waals surface area (Å²) in [5.41, 5.74) is 2.88. The Morgan fingerprint density at radius 1 is 1.32 bits per heavy atom. The SMILES string of the molecule is COc1ccc2c(c1)[C@@]1(CCNC(=O)[C@H](C)NC(C)=O)CCN(CC3CC3)[C@H](C2)[C@@H]1C. The highest BCUT2D eigenvalue weighted by atomic mass is 16.5.